The number of nitrogens with zero attached hydrogens (tertiary/aromatic N) is 2. The summed E-state index contributed by atoms with van der Waals surface area (Å²) in [6.07, 6.45) is 16.0. The van der Waals surface area contributed by atoms with Crippen molar-refractivity contribution < 1.29 is 28.6 Å². The number of allylic oxidation sites excluding steroid dienone is 5. The molecule has 0 saturated heterocycles. The number of carbonyl (C=O) groups excluding carboxylic acids is 3. The van der Waals surface area contributed by atoms with Crippen molar-refractivity contribution in [3.63, 3.8) is 0 Å². The minimum absolute atomic E-state index is 0.0489. The van der Waals surface area contributed by atoms with E-state index in [1.54, 1.807) is 51.1 Å². The lowest BCUT2D eigenvalue weighted by Gasteiger charge is -2.19. The van der Waals surface area contributed by atoms with Gasteiger partial charge in [-0.15, -0.1) is 23.1 Å². The Labute approximate surface area is 223 Å². The molecule has 0 radical (unpaired) electrons. The molecule has 0 heterocycles. The first-order valence-electron chi connectivity index (χ1n) is 11.4. The quantitative estimate of drug-likeness (QED) is 0.103. The summed E-state index contributed by atoms with van der Waals surface area (Å²) in [5, 5.41) is 10.6. The molecule has 0 spiro atoms. The Kier molecular flexibility index (Phi) is 11.5. The van der Waals surface area contributed by atoms with Gasteiger partial charge in [0.1, 0.15) is 11.4 Å². The standard InChI is InChI=1S/C29H31N3O6/c1-10-14-17-21(11-2)30-25(33)24(20(5)36-27(35)38-29(8,9)13-4)32-31-23-19-16-15-18-22(23)26(34)37-28(6,7)12-3/h3-4,10-11,14-19H,2H2,1,5-9H3,(H,30,33)/b14-10-,21-17+,24-20+,32-31+. The van der Waals surface area contributed by atoms with Crippen molar-refractivity contribution in [2.75, 3.05) is 0 Å². The molecule has 1 aromatic rings. The zero-order valence-corrected chi connectivity index (χ0v) is 22.3. The molecular weight excluding hydrogens is 486 g/mol. The molecule has 1 N–H and O–H groups in total. The first-order chi connectivity index (χ1) is 17.8. The van der Waals surface area contributed by atoms with Gasteiger partial charge in [-0.1, -0.05) is 42.7 Å². The molecule has 0 aliphatic heterocycles. The normalized spacial score (nSPS) is 12.7. The largest absolute Gasteiger partial charge is 0.515 e. The Morgan fingerprint density at radius 3 is 2.24 bits per heavy atom. The highest BCUT2D eigenvalue weighted by atomic mass is 16.7. The number of amides is 1. The highest BCUT2D eigenvalue weighted by Gasteiger charge is 2.25. The summed E-state index contributed by atoms with van der Waals surface area (Å²) in [6, 6.07) is 6.16. The van der Waals surface area contributed by atoms with E-state index in [-0.39, 0.29) is 22.7 Å². The maximum Gasteiger partial charge on any atom is 0.515 e. The van der Waals surface area contributed by atoms with Crippen LogP contribution in [0.4, 0.5) is 10.5 Å². The average Bonchev–Trinajstić information content (AvgIpc) is 2.86. The summed E-state index contributed by atoms with van der Waals surface area (Å²) in [5.41, 5.74) is -2.34. The smallest absolute Gasteiger partial charge is 0.443 e. The first-order valence-corrected chi connectivity index (χ1v) is 11.4. The van der Waals surface area contributed by atoms with Crippen molar-refractivity contribution in [3.8, 4) is 24.7 Å². The number of rotatable bonds is 10. The first kappa shape index (κ1) is 31.1. The zero-order valence-electron chi connectivity index (χ0n) is 22.3. The van der Waals surface area contributed by atoms with Crippen LogP contribution < -0.4 is 5.32 Å². The van der Waals surface area contributed by atoms with Gasteiger partial charge in [-0.25, -0.2) is 9.59 Å². The van der Waals surface area contributed by atoms with Crippen LogP contribution >= 0.6 is 0 Å². The van der Waals surface area contributed by atoms with Gasteiger partial charge in [-0.05, 0) is 65.8 Å². The number of ether oxygens (including phenoxy) is 3. The molecule has 0 fully saturated rings. The second kappa shape index (κ2) is 14.0. The number of terminal acetylenes is 2. The number of hydrogen-bond donors (Lipinski definition) is 1. The van der Waals surface area contributed by atoms with Crippen LogP contribution in [0.1, 0.15) is 51.9 Å². The van der Waals surface area contributed by atoms with Crippen molar-refractivity contribution >= 4 is 23.7 Å². The summed E-state index contributed by atoms with van der Waals surface area (Å²) < 4.78 is 15.5. The predicted molar refractivity (Wildman–Crippen MR) is 144 cm³/mol. The molecule has 9 nitrogen and oxygen atoms in total. The zero-order chi connectivity index (χ0) is 28.9. The second-order valence-corrected chi connectivity index (χ2v) is 8.58. The number of nitrogens with one attached hydrogen (secondary N) is 1. The predicted octanol–water partition coefficient (Wildman–Crippen LogP) is 5.90. The van der Waals surface area contributed by atoms with Gasteiger partial charge in [-0.3, -0.25) is 4.79 Å². The maximum atomic E-state index is 13.1. The van der Waals surface area contributed by atoms with Crippen LogP contribution in [0.25, 0.3) is 0 Å². The van der Waals surface area contributed by atoms with Crippen LogP contribution in [0, 0.1) is 24.7 Å². The van der Waals surface area contributed by atoms with E-state index in [1.165, 1.54) is 39.0 Å². The van der Waals surface area contributed by atoms with Crippen LogP contribution in [0.15, 0.2) is 82.5 Å². The monoisotopic (exact) mass is 517 g/mol. The van der Waals surface area contributed by atoms with Crippen LogP contribution in [0.5, 0.6) is 0 Å². The van der Waals surface area contributed by atoms with Crippen LogP contribution in [-0.4, -0.2) is 29.2 Å². The van der Waals surface area contributed by atoms with E-state index in [2.05, 4.69) is 34.0 Å². The van der Waals surface area contributed by atoms with Crippen molar-refractivity contribution in [1.82, 2.24) is 5.32 Å². The molecule has 0 atom stereocenters. The highest BCUT2D eigenvalue weighted by molar-refractivity contribution is 5.96. The van der Waals surface area contributed by atoms with E-state index in [0.29, 0.717) is 5.70 Å². The average molecular weight is 518 g/mol. The fraction of sp³-hybridized carbons (Fsp3) is 0.276. The van der Waals surface area contributed by atoms with Crippen LogP contribution in [0.2, 0.25) is 0 Å². The van der Waals surface area contributed by atoms with E-state index in [9.17, 15) is 14.4 Å². The molecule has 9 heteroatoms. The van der Waals surface area contributed by atoms with Gasteiger partial charge in [0, 0.05) is 5.70 Å². The molecule has 198 valence electrons. The molecule has 1 aromatic carbocycles. The van der Waals surface area contributed by atoms with Gasteiger partial charge in [0.25, 0.3) is 5.91 Å². The van der Waals surface area contributed by atoms with E-state index >= 15 is 0 Å². The molecular formula is C29H31N3O6. The molecule has 0 aliphatic rings. The third kappa shape index (κ3) is 10.00. The number of benzene rings is 1. The Bertz CT molecular complexity index is 1280. The van der Waals surface area contributed by atoms with Gasteiger partial charge in [-0.2, -0.15) is 0 Å². The fourth-order valence-electron chi connectivity index (χ4n) is 2.41. The lowest BCUT2D eigenvalue weighted by molar-refractivity contribution is -0.117. The third-order valence-electron chi connectivity index (χ3n) is 4.49. The number of azo groups is 1. The molecule has 38 heavy (non-hydrogen) atoms. The second-order valence-electron chi connectivity index (χ2n) is 8.58. The molecule has 0 saturated carbocycles. The summed E-state index contributed by atoms with van der Waals surface area (Å²) >= 11 is 0. The van der Waals surface area contributed by atoms with Gasteiger partial charge in [0.2, 0.25) is 0 Å². The van der Waals surface area contributed by atoms with E-state index in [0.717, 1.165) is 0 Å². The topological polar surface area (TPSA) is 116 Å². The Morgan fingerprint density at radius 2 is 1.66 bits per heavy atom. The van der Waals surface area contributed by atoms with Crippen molar-refractivity contribution in [1.29, 1.82) is 0 Å². The van der Waals surface area contributed by atoms with Gasteiger partial charge >= 0.3 is 12.1 Å². The highest BCUT2D eigenvalue weighted by Crippen LogP contribution is 2.24. The number of carbonyl (C=O) groups is 3. The Morgan fingerprint density at radius 1 is 1.05 bits per heavy atom. The molecule has 0 aliphatic carbocycles. The molecule has 1 rings (SSSR count). The molecule has 0 unspecified atom stereocenters. The molecule has 0 aromatic heterocycles. The van der Waals surface area contributed by atoms with E-state index < -0.39 is 29.2 Å². The van der Waals surface area contributed by atoms with Gasteiger partial charge in [0.15, 0.2) is 16.9 Å². The summed E-state index contributed by atoms with van der Waals surface area (Å²) in [4.78, 5) is 38.1. The Hall–Kier alpha value is -4.89. The van der Waals surface area contributed by atoms with Crippen molar-refractivity contribution in [2.45, 2.75) is 52.7 Å². The summed E-state index contributed by atoms with van der Waals surface area (Å²) in [6.45, 7) is 12.9. The fourth-order valence-corrected chi connectivity index (χ4v) is 2.41. The van der Waals surface area contributed by atoms with Crippen LogP contribution in [0.3, 0.4) is 0 Å². The Balaban J connectivity index is 3.49. The van der Waals surface area contributed by atoms with Gasteiger partial charge < -0.3 is 19.5 Å². The van der Waals surface area contributed by atoms with E-state index in [1.807, 2.05) is 0 Å². The summed E-state index contributed by atoms with van der Waals surface area (Å²) in [5.74, 6) is 2.90. The number of esters is 1. The lowest BCUT2D eigenvalue weighted by Crippen LogP contribution is -2.27. The van der Waals surface area contributed by atoms with Crippen molar-refractivity contribution in [2.24, 2.45) is 10.2 Å². The maximum absolute atomic E-state index is 13.1. The summed E-state index contributed by atoms with van der Waals surface area (Å²) in [7, 11) is 0. The minimum atomic E-state index is -1.25. The lowest BCUT2D eigenvalue weighted by atomic mass is 10.1. The van der Waals surface area contributed by atoms with E-state index in [4.69, 9.17) is 27.1 Å². The van der Waals surface area contributed by atoms with Crippen molar-refractivity contribution in [3.05, 3.63) is 77.9 Å². The SMILES string of the molecule is C#CC(C)(C)OC(=O)O/C(C)=C(/N=N/c1ccccc1C(=O)OC(C)(C)C#C)C(=O)N/C(C=C)=C/C=C\C. The van der Waals surface area contributed by atoms with Gasteiger partial charge in [0.05, 0.1) is 5.56 Å². The van der Waals surface area contributed by atoms with Crippen LogP contribution in [-0.2, 0) is 19.0 Å². The minimum Gasteiger partial charge on any atom is -0.443 e. The third-order valence-corrected chi connectivity index (χ3v) is 4.49. The number of hydrogen-bond acceptors (Lipinski definition) is 8. The molecule has 1 amide bonds. The molecule has 0 bridgehead atoms.